The molecule has 1 aliphatic carbocycles. The van der Waals surface area contributed by atoms with E-state index in [-0.39, 0.29) is 67.9 Å². The maximum atomic E-state index is 11.7. The van der Waals surface area contributed by atoms with Gasteiger partial charge in [-0.3, -0.25) is 4.79 Å². The molecule has 1 fully saturated rings. The van der Waals surface area contributed by atoms with Gasteiger partial charge in [0.05, 0.1) is 18.6 Å². The summed E-state index contributed by atoms with van der Waals surface area (Å²) in [6, 6.07) is -0.731. The Labute approximate surface area is 151 Å². The minimum Gasteiger partial charge on any atom is -0.674 e. The quantitative estimate of drug-likeness (QED) is 0.576. The molecule has 1 rings (SSSR count). The molecule has 109 valence electrons. The van der Waals surface area contributed by atoms with E-state index in [1.54, 1.807) is 6.92 Å². The summed E-state index contributed by atoms with van der Waals surface area (Å²) in [4.78, 5) is 11.7. The zero-order valence-corrected chi connectivity index (χ0v) is 16.7. The fraction of sp³-hybridized carbons (Fsp3) is 0.923. The number of ether oxygens (including phenoxy) is 1. The van der Waals surface area contributed by atoms with E-state index in [1.807, 2.05) is 13.8 Å². The van der Waals surface area contributed by atoms with Crippen LogP contribution in [-0.2, 0) is 9.53 Å². The van der Waals surface area contributed by atoms with Crippen LogP contribution in [0.1, 0.15) is 33.6 Å². The molecule has 0 bridgehead atoms. The minimum absolute atomic E-state index is 0. The van der Waals surface area contributed by atoms with Crippen LogP contribution >= 0.6 is 0 Å². The van der Waals surface area contributed by atoms with Crippen LogP contribution in [0.2, 0.25) is 0 Å². The largest absolute Gasteiger partial charge is 0.674 e. The number of hydrogen-bond acceptors (Lipinski definition) is 4. The summed E-state index contributed by atoms with van der Waals surface area (Å²) in [5.41, 5.74) is 14.2. The van der Waals surface area contributed by atoms with Gasteiger partial charge in [0.2, 0.25) is 0 Å². The Morgan fingerprint density at radius 2 is 2.11 bits per heavy atom. The predicted octanol–water partition coefficient (Wildman–Crippen LogP) is 1.34. The van der Waals surface area contributed by atoms with E-state index in [1.165, 1.54) is 0 Å². The molecule has 1 saturated carbocycles. The van der Waals surface area contributed by atoms with Gasteiger partial charge in [0.25, 0.3) is 0 Å². The smallest absolute Gasteiger partial charge is 0.311 e. The first-order valence-corrected chi connectivity index (χ1v) is 6.75. The summed E-state index contributed by atoms with van der Waals surface area (Å²) >= 11 is 0. The summed E-state index contributed by atoms with van der Waals surface area (Å²) in [5, 5.41) is 10.2. The van der Waals surface area contributed by atoms with Crippen LogP contribution in [0.25, 0.3) is 5.73 Å². The molecule has 0 spiro atoms. The number of carbonyl (C=O) groups is 1. The molecule has 6 atom stereocenters. The molecule has 0 aromatic carbocycles. The van der Waals surface area contributed by atoms with Crippen molar-refractivity contribution >= 4 is 5.97 Å². The Balaban J connectivity index is 0.00000324. The van der Waals surface area contributed by atoms with Crippen molar-refractivity contribution in [3.63, 3.8) is 0 Å². The molecule has 6 unspecified atom stereocenters. The number of nitrogens with two attached hydrogens (primary N) is 1. The van der Waals surface area contributed by atoms with Crippen molar-refractivity contribution in [2.75, 3.05) is 6.61 Å². The normalized spacial score (nSPS) is 33.4. The first kappa shape index (κ1) is 19.8. The fourth-order valence-electron chi connectivity index (χ4n) is 2.71. The van der Waals surface area contributed by atoms with Gasteiger partial charge in [-0.2, -0.15) is 0 Å². The Bertz CT molecular complexity index is 291. The summed E-state index contributed by atoms with van der Waals surface area (Å²) in [6.45, 7) is 6.04. The summed E-state index contributed by atoms with van der Waals surface area (Å²) < 4.78 is 4.94. The number of rotatable bonds is 5. The molecule has 1 radical (unpaired) electrons. The average molecular weight is 484 g/mol. The first-order valence-electron chi connectivity index (χ1n) is 6.75. The van der Waals surface area contributed by atoms with Crippen LogP contribution in [0, 0.1) is 61.8 Å². The zero-order valence-electron chi connectivity index (χ0n) is 12.0. The van der Waals surface area contributed by atoms with E-state index in [0.29, 0.717) is 13.0 Å². The van der Waals surface area contributed by atoms with E-state index in [0.717, 1.165) is 6.42 Å². The molecular formula is C13H25AcN2O3-. The monoisotopic (exact) mass is 484 g/mol. The van der Waals surface area contributed by atoms with Crippen molar-refractivity contribution in [2.45, 2.75) is 51.8 Å². The predicted molar refractivity (Wildman–Crippen MR) is 69.8 cm³/mol. The van der Waals surface area contributed by atoms with Gasteiger partial charge in [0.15, 0.2) is 0 Å². The van der Waals surface area contributed by atoms with E-state index in [2.05, 4.69) is 0 Å². The van der Waals surface area contributed by atoms with Crippen LogP contribution in [0.4, 0.5) is 0 Å². The molecule has 4 N–H and O–H groups in total. The molecule has 0 aromatic heterocycles. The maximum Gasteiger partial charge on any atom is 0.311 e. The van der Waals surface area contributed by atoms with Gasteiger partial charge < -0.3 is 21.3 Å². The third kappa shape index (κ3) is 4.64. The molecule has 6 heteroatoms. The second-order valence-corrected chi connectivity index (χ2v) is 5.24. The Kier molecular flexibility index (Phi) is 9.31. The van der Waals surface area contributed by atoms with Crippen molar-refractivity contribution in [2.24, 2.45) is 23.5 Å². The first-order chi connectivity index (χ1) is 8.43. The van der Waals surface area contributed by atoms with Crippen LogP contribution in [0.3, 0.4) is 0 Å². The van der Waals surface area contributed by atoms with Crippen molar-refractivity contribution in [3.8, 4) is 0 Å². The van der Waals surface area contributed by atoms with E-state index in [9.17, 15) is 9.90 Å². The van der Waals surface area contributed by atoms with Crippen LogP contribution in [-0.4, -0.2) is 35.9 Å². The second-order valence-electron chi connectivity index (χ2n) is 5.24. The van der Waals surface area contributed by atoms with Crippen LogP contribution in [0.15, 0.2) is 0 Å². The van der Waals surface area contributed by atoms with Crippen molar-refractivity contribution in [1.82, 2.24) is 0 Å². The molecular weight excluding hydrogens is 459 g/mol. The third-order valence-corrected chi connectivity index (χ3v) is 4.09. The van der Waals surface area contributed by atoms with Crippen LogP contribution < -0.4 is 5.73 Å². The van der Waals surface area contributed by atoms with Gasteiger partial charge in [-0.25, -0.2) is 0 Å². The van der Waals surface area contributed by atoms with E-state index < -0.39 is 18.1 Å². The van der Waals surface area contributed by atoms with Gasteiger partial charge in [0, 0.05) is 50.1 Å². The van der Waals surface area contributed by atoms with Gasteiger partial charge >= 0.3 is 5.97 Å². The molecule has 0 saturated heterocycles. The molecule has 0 heterocycles. The second kappa shape index (κ2) is 8.94. The molecule has 1 aliphatic rings. The SMILES string of the molecule is CCOC(=O)C1CC(N)C(C([NH-])C(C)CC)C1O.[Ac]. The molecule has 0 aliphatic heterocycles. The maximum absolute atomic E-state index is 11.7. The molecule has 19 heavy (non-hydrogen) atoms. The number of hydrogen-bond donors (Lipinski definition) is 2. The number of aliphatic hydroxyl groups excluding tert-OH is 1. The number of esters is 1. The van der Waals surface area contributed by atoms with Gasteiger partial charge in [0.1, 0.15) is 0 Å². The van der Waals surface area contributed by atoms with Crippen molar-refractivity contribution in [1.29, 1.82) is 0 Å². The van der Waals surface area contributed by atoms with Crippen molar-refractivity contribution < 1.29 is 58.7 Å². The third-order valence-electron chi connectivity index (χ3n) is 4.09. The standard InChI is InChI=1S/C13H25N2O3.Ac/c1-4-7(3)11(15)10-9(14)6-8(12(10)16)13(17)18-5-2;/h7-12,15-16H,4-6,14H2,1-3H3;/q-1;. The number of aliphatic hydroxyl groups is 1. The Morgan fingerprint density at radius 3 is 2.58 bits per heavy atom. The summed E-state index contributed by atoms with van der Waals surface area (Å²) in [7, 11) is 0. The van der Waals surface area contributed by atoms with E-state index >= 15 is 0 Å². The van der Waals surface area contributed by atoms with Gasteiger partial charge in [-0.05, 0) is 19.3 Å². The summed E-state index contributed by atoms with van der Waals surface area (Å²) in [6.07, 6.45) is 0.431. The number of nitrogens with one attached hydrogen (secondary N) is 1. The van der Waals surface area contributed by atoms with Gasteiger partial charge in [-0.1, -0.05) is 26.2 Å². The Hall–Kier alpha value is 0.792. The molecule has 5 nitrogen and oxygen atoms in total. The summed E-state index contributed by atoms with van der Waals surface area (Å²) in [5.74, 6) is -1.13. The fourth-order valence-corrected chi connectivity index (χ4v) is 2.71. The van der Waals surface area contributed by atoms with Crippen LogP contribution in [0.5, 0.6) is 0 Å². The van der Waals surface area contributed by atoms with Crippen molar-refractivity contribution in [3.05, 3.63) is 5.73 Å². The topological polar surface area (TPSA) is 96.4 Å². The zero-order chi connectivity index (χ0) is 13.9. The minimum atomic E-state index is -0.851. The Morgan fingerprint density at radius 1 is 1.53 bits per heavy atom. The molecule has 0 amide bonds. The molecule has 0 aromatic rings. The van der Waals surface area contributed by atoms with E-state index in [4.69, 9.17) is 16.2 Å². The average Bonchev–Trinajstić information content (AvgIpc) is 2.63. The van der Waals surface area contributed by atoms with Gasteiger partial charge in [-0.15, -0.1) is 6.04 Å². The number of carbonyl (C=O) groups excluding carboxylic acids is 1.